The minimum absolute atomic E-state index is 0.256. The molecule has 1 aromatic rings. The van der Waals surface area contributed by atoms with E-state index < -0.39 is 5.97 Å². The van der Waals surface area contributed by atoms with Crippen LogP contribution in [0.15, 0.2) is 6.20 Å². The van der Waals surface area contributed by atoms with Gasteiger partial charge in [0.05, 0.1) is 5.92 Å². The quantitative estimate of drug-likeness (QED) is 0.790. The molecule has 1 N–H and O–H groups in total. The Kier molecular flexibility index (Phi) is 2.66. The minimum atomic E-state index is -0.708. The van der Waals surface area contributed by atoms with E-state index in [1.165, 1.54) is 0 Å². The largest absolute Gasteiger partial charge is 0.481 e. The van der Waals surface area contributed by atoms with Crippen molar-refractivity contribution in [1.82, 2.24) is 9.97 Å². The SMILES string of the molecule is CCc1ncc2c(n1)CCC(C(=O)O)C2. The Balaban J connectivity index is 2.24. The standard InChI is InChI=1S/C11H14N2O2/c1-2-10-12-6-8-5-7(11(14)15)3-4-9(8)13-10/h6-7H,2-5H2,1H3,(H,14,15). The lowest BCUT2D eigenvalue weighted by Gasteiger charge is -2.20. The van der Waals surface area contributed by atoms with Crippen LogP contribution in [0.1, 0.15) is 30.4 Å². The Morgan fingerprint density at radius 3 is 3.13 bits per heavy atom. The van der Waals surface area contributed by atoms with E-state index in [-0.39, 0.29) is 5.92 Å². The Labute approximate surface area is 88.4 Å². The maximum atomic E-state index is 10.8. The number of carbonyl (C=O) groups is 1. The molecule has 4 nitrogen and oxygen atoms in total. The summed E-state index contributed by atoms with van der Waals surface area (Å²) in [5, 5.41) is 8.92. The van der Waals surface area contributed by atoms with Crippen molar-refractivity contribution in [3.63, 3.8) is 0 Å². The molecule has 0 saturated heterocycles. The molecule has 0 aromatic carbocycles. The molecule has 0 amide bonds. The zero-order valence-electron chi connectivity index (χ0n) is 8.73. The first kappa shape index (κ1) is 10.1. The zero-order chi connectivity index (χ0) is 10.8. The summed E-state index contributed by atoms with van der Waals surface area (Å²) in [7, 11) is 0. The molecule has 80 valence electrons. The van der Waals surface area contributed by atoms with E-state index in [1.807, 2.05) is 6.92 Å². The molecule has 1 heterocycles. The van der Waals surface area contributed by atoms with E-state index in [0.29, 0.717) is 12.8 Å². The molecule has 0 radical (unpaired) electrons. The average Bonchev–Trinajstić information content (AvgIpc) is 2.27. The van der Waals surface area contributed by atoms with Gasteiger partial charge in [0, 0.05) is 18.3 Å². The van der Waals surface area contributed by atoms with Crippen LogP contribution in [0.25, 0.3) is 0 Å². The van der Waals surface area contributed by atoms with Gasteiger partial charge in [0.25, 0.3) is 0 Å². The summed E-state index contributed by atoms with van der Waals surface area (Å²) in [6.45, 7) is 2.02. The first-order valence-electron chi connectivity index (χ1n) is 5.27. The number of rotatable bonds is 2. The lowest BCUT2D eigenvalue weighted by atomic mass is 9.87. The fourth-order valence-electron chi connectivity index (χ4n) is 1.93. The number of aromatic nitrogens is 2. The molecule has 0 bridgehead atoms. The van der Waals surface area contributed by atoms with Gasteiger partial charge in [-0.2, -0.15) is 0 Å². The Hall–Kier alpha value is -1.45. The van der Waals surface area contributed by atoms with Crippen molar-refractivity contribution < 1.29 is 9.90 Å². The van der Waals surface area contributed by atoms with Crippen LogP contribution in [0.3, 0.4) is 0 Å². The van der Waals surface area contributed by atoms with Crippen molar-refractivity contribution in [2.45, 2.75) is 32.6 Å². The number of aryl methyl sites for hydroxylation is 2. The van der Waals surface area contributed by atoms with Crippen LogP contribution in [0.5, 0.6) is 0 Å². The van der Waals surface area contributed by atoms with Crippen LogP contribution in [0, 0.1) is 5.92 Å². The second kappa shape index (κ2) is 3.96. The smallest absolute Gasteiger partial charge is 0.306 e. The van der Waals surface area contributed by atoms with Gasteiger partial charge < -0.3 is 5.11 Å². The highest BCUT2D eigenvalue weighted by atomic mass is 16.4. The van der Waals surface area contributed by atoms with Gasteiger partial charge in [-0.3, -0.25) is 4.79 Å². The number of nitrogens with zero attached hydrogens (tertiary/aromatic N) is 2. The number of aliphatic carboxylic acids is 1. The third kappa shape index (κ3) is 1.98. The van der Waals surface area contributed by atoms with E-state index in [1.54, 1.807) is 6.20 Å². The molecule has 0 saturated carbocycles. The van der Waals surface area contributed by atoms with E-state index in [2.05, 4.69) is 9.97 Å². The van der Waals surface area contributed by atoms with Gasteiger partial charge in [-0.05, 0) is 24.8 Å². The second-order valence-electron chi connectivity index (χ2n) is 3.89. The predicted octanol–water partition coefficient (Wildman–Crippen LogP) is 1.23. The summed E-state index contributed by atoms with van der Waals surface area (Å²) in [5.41, 5.74) is 2.05. The molecule has 1 unspecified atom stereocenters. The summed E-state index contributed by atoms with van der Waals surface area (Å²) in [5.74, 6) is -0.115. The lowest BCUT2D eigenvalue weighted by molar-refractivity contribution is -0.142. The van der Waals surface area contributed by atoms with Crippen molar-refractivity contribution in [3.8, 4) is 0 Å². The fraction of sp³-hybridized carbons (Fsp3) is 0.545. The maximum absolute atomic E-state index is 10.8. The van der Waals surface area contributed by atoms with Gasteiger partial charge >= 0.3 is 5.97 Å². The zero-order valence-corrected chi connectivity index (χ0v) is 8.73. The Morgan fingerprint density at radius 1 is 1.67 bits per heavy atom. The van der Waals surface area contributed by atoms with Crippen LogP contribution in [-0.4, -0.2) is 21.0 Å². The van der Waals surface area contributed by atoms with E-state index in [0.717, 1.165) is 29.9 Å². The summed E-state index contributed by atoms with van der Waals surface area (Å²) in [4.78, 5) is 19.5. The molecule has 1 aromatic heterocycles. The maximum Gasteiger partial charge on any atom is 0.306 e. The molecule has 2 rings (SSSR count). The van der Waals surface area contributed by atoms with Crippen molar-refractivity contribution in [2.75, 3.05) is 0 Å². The molecule has 1 atom stereocenters. The number of hydrogen-bond acceptors (Lipinski definition) is 3. The summed E-state index contributed by atoms with van der Waals surface area (Å²) in [6.07, 6.45) is 4.66. The van der Waals surface area contributed by atoms with Gasteiger partial charge in [0.2, 0.25) is 0 Å². The van der Waals surface area contributed by atoms with Crippen LogP contribution in [0.2, 0.25) is 0 Å². The monoisotopic (exact) mass is 206 g/mol. The van der Waals surface area contributed by atoms with Gasteiger partial charge in [0.1, 0.15) is 5.82 Å². The fourth-order valence-corrected chi connectivity index (χ4v) is 1.93. The average molecular weight is 206 g/mol. The first-order chi connectivity index (χ1) is 7.20. The van der Waals surface area contributed by atoms with Crippen molar-refractivity contribution in [3.05, 3.63) is 23.3 Å². The van der Waals surface area contributed by atoms with Crippen LogP contribution in [0.4, 0.5) is 0 Å². The molecule has 1 aliphatic rings. The predicted molar refractivity (Wildman–Crippen MR) is 54.6 cm³/mol. The summed E-state index contributed by atoms with van der Waals surface area (Å²) < 4.78 is 0. The molecule has 0 spiro atoms. The highest BCUT2D eigenvalue weighted by Gasteiger charge is 2.25. The molecule has 0 aliphatic heterocycles. The normalized spacial score (nSPS) is 19.7. The van der Waals surface area contributed by atoms with Gasteiger partial charge in [-0.1, -0.05) is 6.92 Å². The van der Waals surface area contributed by atoms with Crippen LogP contribution in [-0.2, 0) is 24.1 Å². The van der Waals surface area contributed by atoms with Crippen LogP contribution < -0.4 is 0 Å². The molecular weight excluding hydrogens is 192 g/mol. The van der Waals surface area contributed by atoms with Crippen molar-refractivity contribution >= 4 is 5.97 Å². The number of fused-ring (bicyclic) bond motifs is 1. The first-order valence-corrected chi connectivity index (χ1v) is 5.27. The molecule has 4 heteroatoms. The highest BCUT2D eigenvalue weighted by molar-refractivity contribution is 5.70. The Bertz CT molecular complexity index is 390. The van der Waals surface area contributed by atoms with E-state index in [4.69, 9.17) is 5.11 Å². The minimum Gasteiger partial charge on any atom is -0.481 e. The molecule has 0 fully saturated rings. The lowest BCUT2D eigenvalue weighted by Crippen LogP contribution is -2.23. The molecule has 15 heavy (non-hydrogen) atoms. The summed E-state index contributed by atoms with van der Waals surface area (Å²) in [6, 6.07) is 0. The van der Waals surface area contributed by atoms with Crippen molar-refractivity contribution in [1.29, 1.82) is 0 Å². The second-order valence-corrected chi connectivity index (χ2v) is 3.89. The van der Waals surface area contributed by atoms with E-state index in [9.17, 15) is 4.79 Å². The molecule has 1 aliphatic carbocycles. The highest BCUT2D eigenvalue weighted by Crippen LogP contribution is 2.23. The topological polar surface area (TPSA) is 63.1 Å². The third-order valence-corrected chi connectivity index (χ3v) is 2.87. The number of carboxylic acids is 1. The van der Waals surface area contributed by atoms with Gasteiger partial charge in [-0.15, -0.1) is 0 Å². The number of carboxylic acid groups (broad SMARTS) is 1. The van der Waals surface area contributed by atoms with Crippen molar-refractivity contribution in [2.24, 2.45) is 5.92 Å². The summed E-state index contributed by atoms with van der Waals surface area (Å²) >= 11 is 0. The van der Waals surface area contributed by atoms with Gasteiger partial charge in [-0.25, -0.2) is 9.97 Å². The number of hydrogen-bond donors (Lipinski definition) is 1. The Morgan fingerprint density at radius 2 is 2.47 bits per heavy atom. The molecular formula is C11H14N2O2. The van der Waals surface area contributed by atoms with E-state index >= 15 is 0 Å². The van der Waals surface area contributed by atoms with Gasteiger partial charge in [0.15, 0.2) is 0 Å². The van der Waals surface area contributed by atoms with Crippen LogP contribution >= 0.6 is 0 Å². The third-order valence-electron chi connectivity index (χ3n) is 2.87.